The van der Waals surface area contributed by atoms with E-state index < -0.39 is 25.1 Å². The van der Waals surface area contributed by atoms with Gasteiger partial charge < -0.3 is 19.5 Å². The van der Waals surface area contributed by atoms with Gasteiger partial charge in [0.05, 0.1) is 24.5 Å². The van der Waals surface area contributed by atoms with E-state index in [-0.39, 0.29) is 43.0 Å². The van der Waals surface area contributed by atoms with Crippen molar-refractivity contribution in [1.82, 2.24) is 4.90 Å². The number of nitrogens with zero attached hydrogens (tertiary/aromatic N) is 1. The lowest BCUT2D eigenvalue weighted by Gasteiger charge is -2.43. The average Bonchev–Trinajstić information content (AvgIpc) is 3.59. The van der Waals surface area contributed by atoms with Gasteiger partial charge in [-0.2, -0.15) is 0 Å². The van der Waals surface area contributed by atoms with E-state index in [1.807, 2.05) is 66.9 Å². The van der Waals surface area contributed by atoms with E-state index >= 15 is 0 Å². The lowest BCUT2D eigenvalue weighted by Crippen LogP contribution is -2.46. The van der Waals surface area contributed by atoms with Gasteiger partial charge in [0.2, 0.25) is 11.8 Å². The summed E-state index contributed by atoms with van der Waals surface area (Å²) in [6.07, 6.45) is 3.42. The Balaban J connectivity index is 1.30. The third kappa shape index (κ3) is 6.38. The highest BCUT2D eigenvalue weighted by atomic mass is 79.9. The number of rotatable bonds is 9. The first kappa shape index (κ1) is 29.9. The number of benzene rings is 2. The van der Waals surface area contributed by atoms with Gasteiger partial charge in [0.15, 0.2) is 0 Å². The summed E-state index contributed by atoms with van der Waals surface area (Å²) < 4.78 is 13.2. The summed E-state index contributed by atoms with van der Waals surface area (Å²) in [5.41, 5.74) is 3.71. The minimum atomic E-state index is -1.04. The lowest BCUT2D eigenvalue weighted by molar-refractivity contribution is -0.140. The standard InChI is InChI=1S/C33H33BBrNO6S/c1-20(14-21-15-23(35)10-11-28(21)37)9-12-29-30-22(19-41-24-6-3-2-4-7-24)16-26-31(27(30)17-34(40)42-29)33(39)36(32(26)38)18-25-8-5-13-43-25/h2-8,10-11,13-15,26-27,29,31,37,40H,9,12,16-19H2,1H3/b20-14+/t26-,27+,29-,31-/m1/s1. The Morgan fingerprint density at radius 1 is 1.14 bits per heavy atom. The van der Waals surface area contributed by atoms with Crippen molar-refractivity contribution in [2.75, 3.05) is 6.61 Å². The van der Waals surface area contributed by atoms with Gasteiger partial charge in [0, 0.05) is 14.9 Å². The largest absolute Gasteiger partial charge is 0.507 e. The molecule has 2 aromatic carbocycles. The number of phenolic OH excluding ortho intramolecular Hbond substituents is 1. The maximum Gasteiger partial charge on any atom is 0.455 e. The van der Waals surface area contributed by atoms with Gasteiger partial charge >= 0.3 is 7.12 Å². The molecule has 2 aliphatic heterocycles. The molecule has 10 heteroatoms. The monoisotopic (exact) mass is 661 g/mol. The van der Waals surface area contributed by atoms with Crippen LogP contribution in [-0.2, 0) is 20.8 Å². The van der Waals surface area contributed by atoms with E-state index in [2.05, 4.69) is 15.9 Å². The van der Waals surface area contributed by atoms with Crippen LogP contribution in [-0.4, -0.2) is 46.7 Å². The zero-order valence-corrected chi connectivity index (χ0v) is 26.2. The van der Waals surface area contributed by atoms with Crippen LogP contribution in [0.2, 0.25) is 6.32 Å². The van der Waals surface area contributed by atoms with Crippen molar-refractivity contribution in [2.24, 2.45) is 17.8 Å². The van der Waals surface area contributed by atoms with E-state index in [9.17, 15) is 19.7 Å². The maximum atomic E-state index is 13.9. The number of halogens is 1. The topological polar surface area (TPSA) is 96.3 Å². The maximum absolute atomic E-state index is 13.9. The number of imide groups is 1. The minimum absolute atomic E-state index is 0.148. The summed E-state index contributed by atoms with van der Waals surface area (Å²) >= 11 is 4.99. The number of carbonyl (C=O) groups excluding carboxylic acids is 2. The number of para-hydroxylation sites is 1. The van der Waals surface area contributed by atoms with Crippen molar-refractivity contribution in [1.29, 1.82) is 0 Å². The minimum Gasteiger partial charge on any atom is -0.507 e. The second kappa shape index (κ2) is 12.8. The molecule has 3 heterocycles. The molecular weight excluding hydrogens is 629 g/mol. The molecule has 2 amide bonds. The number of hydrogen-bond acceptors (Lipinski definition) is 7. The number of thiophene rings is 1. The molecule has 4 atom stereocenters. The third-order valence-electron chi connectivity index (χ3n) is 8.64. The fraction of sp³-hybridized carbons (Fsp3) is 0.333. The van der Waals surface area contributed by atoms with Gasteiger partial charge in [0.25, 0.3) is 0 Å². The van der Waals surface area contributed by atoms with Crippen molar-refractivity contribution in [3.05, 3.63) is 97.7 Å². The quantitative estimate of drug-likeness (QED) is 0.155. The van der Waals surface area contributed by atoms with E-state index in [4.69, 9.17) is 9.39 Å². The van der Waals surface area contributed by atoms with Gasteiger partial charge in [-0.15, -0.1) is 11.3 Å². The molecular formula is C33H33BBrNO6S. The SMILES string of the molecule is C/C(=C\c1cc(Br)ccc1O)CC[C@H]1OB(O)C[C@H]2C1=C(COc1ccccc1)C[C@H]1C(=O)N(Cc3cccs3)C(=O)[C@H]12. The molecule has 0 unspecified atom stereocenters. The molecule has 3 aromatic rings. The highest BCUT2D eigenvalue weighted by Gasteiger charge is 2.57. The van der Waals surface area contributed by atoms with Crippen LogP contribution < -0.4 is 4.74 Å². The fourth-order valence-electron chi connectivity index (χ4n) is 6.70. The first-order chi connectivity index (χ1) is 20.8. The molecule has 0 radical (unpaired) electrons. The van der Waals surface area contributed by atoms with Crippen molar-refractivity contribution >= 4 is 52.3 Å². The Bertz CT molecular complexity index is 1560. The molecule has 222 valence electrons. The number of amides is 2. The Morgan fingerprint density at radius 2 is 1.95 bits per heavy atom. The summed E-state index contributed by atoms with van der Waals surface area (Å²) in [5.74, 6) is -0.715. The van der Waals surface area contributed by atoms with Crippen LogP contribution in [0, 0.1) is 17.8 Å². The average molecular weight is 662 g/mol. The molecule has 1 aromatic heterocycles. The van der Waals surface area contributed by atoms with Crippen LogP contribution in [0.15, 0.2) is 87.2 Å². The number of likely N-dealkylation sites (tertiary alicyclic amines) is 1. The summed E-state index contributed by atoms with van der Waals surface area (Å²) in [6, 6.07) is 18.7. The summed E-state index contributed by atoms with van der Waals surface area (Å²) in [7, 11) is -1.04. The van der Waals surface area contributed by atoms with E-state index in [0.717, 1.165) is 31.8 Å². The summed E-state index contributed by atoms with van der Waals surface area (Å²) in [6.45, 7) is 2.56. The van der Waals surface area contributed by atoms with Crippen molar-refractivity contribution in [3.8, 4) is 11.5 Å². The van der Waals surface area contributed by atoms with Crippen LogP contribution in [0.1, 0.15) is 36.6 Å². The molecule has 7 nitrogen and oxygen atoms in total. The highest BCUT2D eigenvalue weighted by Crippen LogP contribution is 2.51. The number of hydrogen-bond donors (Lipinski definition) is 2. The molecule has 1 aliphatic carbocycles. The second-order valence-electron chi connectivity index (χ2n) is 11.5. The number of phenols is 1. The summed E-state index contributed by atoms with van der Waals surface area (Å²) in [4.78, 5) is 29.9. The van der Waals surface area contributed by atoms with Crippen LogP contribution in [0.3, 0.4) is 0 Å². The molecule has 2 N–H and O–H groups in total. The molecule has 3 aliphatic rings. The number of allylic oxidation sites excluding steroid dienone is 1. The number of fused-ring (bicyclic) bond motifs is 3. The zero-order chi connectivity index (χ0) is 30.1. The second-order valence-corrected chi connectivity index (χ2v) is 13.4. The van der Waals surface area contributed by atoms with Crippen molar-refractivity contribution in [3.63, 3.8) is 0 Å². The van der Waals surface area contributed by atoms with E-state index in [1.165, 1.54) is 16.2 Å². The van der Waals surface area contributed by atoms with Gasteiger partial charge in [-0.25, -0.2) is 0 Å². The first-order valence-electron chi connectivity index (χ1n) is 14.5. The molecule has 6 rings (SSSR count). The van der Waals surface area contributed by atoms with Gasteiger partial charge in [-0.1, -0.05) is 51.8 Å². The first-order valence-corrected chi connectivity index (χ1v) is 16.2. The number of carbonyl (C=O) groups is 2. The van der Waals surface area contributed by atoms with Gasteiger partial charge in [0.1, 0.15) is 18.1 Å². The van der Waals surface area contributed by atoms with Crippen LogP contribution in [0.5, 0.6) is 11.5 Å². The van der Waals surface area contributed by atoms with Gasteiger partial charge in [-0.05, 0) is 91.3 Å². The van der Waals surface area contributed by atoms with Crippen LogP contribution >= 0.6 is 27.3 Å². The van der Waals surface area contributed by atoms with Crippen LogP contribution in [0.4, 0.5) is 0 Å². The highest BCUT2D eigenvalue weighted by molar-refractivity contribution is 9.10. The van der Waals surface area contributed by atoms with E-state index in [0.29, 0.717) is 24.8 Å². The number of ether oxygens (including phenoxy) is 1. The molecule has 2 fully saturated rings. The van der Waals surface area contributed by atoms with E-state index in [1.54, 1.807) is 12.1 Å². The predicted octanol–water partition coefficient (Wildman–Crippen LogP) is 6.48. The summed E-state index contributed by atoms with van der Waals surface area (Å²) in [5, 5.41) is 23.1. The van der Waals surface area contributed by atoms with Gasteiger partial charge in [-0.3, -0.25) is 14.5 Å². The lowest BCUT2D eigenvalue weighted by atomic mass is 9.58. The third-order valence-corrected chi connectivity index (χ3v) is 10.00. The number of aromatic hydroxyl groups is 1. The molecule has 0 bridgehead atoms. The Hall–Kier alpha value is -3.18. The molecule has 0 spiro atoms. The Kier molecular flexibility index (Phi) is 8.91. The normalized spacial score (nSPS) is 23.9. The fourth-order valence-corrected chi connectivity index (χ4v) is 7.77. The Labute approximate surface area is 264 Å². The molecule has 43 heavy (non-hydrogen) atoms. The Morgan fingerprint density at radius 3 is 2.72 bits per heavy atom. The molecule has 0 saturated carbocycles. The molecule has 2 saturated heterocycles. The zero-order valence-electron chi connectivity index (χ0n) is 23.8. The predicted molar refractivity (Wildman–Crippen MR) is 170 cm³/mol. The van der Waals surface area contributed by atoms with Crippen molar-refractivity contribution < 1.29 is 29.1 Å². The van der Waals surface area contributed by atoms with Crippen molar-refractivity contribution in [2.45, 2.75) is 45.2 Å². The smallest absolute Gasteiger partial charge is 0.455 e. The van der Waals surface area contributed by atoms with Crippen LogP contribution in [0.25, 0.3) is 6.08 Å².